The Labute approximate surface area is 135 Å². The summed E-state index contributed by atoms with van der Waals surface area (Å²) in [5.41, 5.74) is 1.15. The SMILES string of the molecule is CN1CCN(c2ccnc(NCc3ccc(Cl)cc3)n2)CC1. The quantitative estimate of drug-likeness (QED) is 0.938. The minimum Gasteiger partial charge on any atom is -0.354 e. The summed E-state index contributed by atoms with van der Waals surface area (Å²) in [6, 6.07) is 9.75. The van der Waals surface area contributed by atoms with E-state index >= 15 is 0 Å². The maximum Gasteiger partial charge on any atom is 0.224 e. The summed E-state index contributed by atoms with van der Waals surface area (Å²) in [4.78, 5) is 13.5. The molecule has 0 unspecified atom stereocenters. The fourth-order valence-corrected chi connectivity index (χ4v) is 2.56. The van der Waals surface area contributed by atoms with Crippen LogP contribution in [0.3, 0.4) is 0 Å². The molecular weight excluding hydrogens is 298 g/mol. The van der Waals surface area contributed by atoms with Crippen LogP contribution in [-0.4, -0.2) is 48.1 Å². The number of nitrogens with one attached hydrogen (secondary N) is 1. The Kier molecular flexibility index (Phi) is 4.75. The highest BCUT2D eigenvalue weighted by Gasteiger charge is 2.15. The van der Waals surface area contributed by atoms with Gasteiger partial charge in [-0.25, -0.2) is 4.98 Å². The van der Waals surface area contributed by atoms with E-state index in [1.165, 1.54) is 0 Å². The highest BCUT2D eigenvalue weighted by atomic mass is 35.5. The molecule has 116 valence electrons. The molecule has 0 radical (unpaired) electrons. The molecule has 6 heteroatoms. The lowest BCUT2D eigenvalue weighted by atomic mass is 10.2. The van der Waals surface area contributed by atoms with Crippen LogP contribution in [0.1, 0.15) is 5.56 Å². The van der Waals surface area contributed by atoms with Crippen molar-refractivity contribution in [1.29, 1.82) is 0 Å². The lowest BCUT2D eigenvalue weighted by Gasteiger charge is -2.33. The standard InChI is InChI=1S/C16H20ClN5/c1-21-8-10-22(11-9-21)15-6-7-18-16(20-15)19-12-13-2-4-14(17)5-3-13/h2-7H,8-12H2,1H3,(H,18,19,20). The minimum absolute atomic E-state index is 0.659. The van der Waals surface area contributed by atoms with Crippen LogP contribution < -0.4 is 10.2 Å². The average Bonchev–Trinajstić information content (AvgIpc) is 2.55. The number of hydrogen-bond acceptors (Lipinski definition) is 5. The fraction of sp³-hybridized carbons (Fsp3) is 0.375. The predicted molar refractivity (Wildman–Crippen MR) is 90.5 cm³/mol. The zero-order valence-electron chi connectivity index (χ0n) is 12.7. The van der Waals surface area contributed by atoms with Gasteiger partial charge in [-0.05, 0) is 30.8 Å². The van der Waals surface area contributed by atoms with Crippen LogP contribution in [0.2, 0.25) is 5.02 Å². The molecule has 5 nitrogen and oxygen atoms in total. The largest absolute Gasteiger partial charge is 0.354 e. The van der Waals surface area contributed by atoms with Crippen LogP contribution in [0.25, 0.3) is 0 Å². The number of aromatic nitrogens is 2. The number of likely N-dealkylation sites (N-methyl/N-ethyl adjacent to an activating group) is 1. The molecule has 1 aliphatic heterocycles. The van der Waals surface area contributed by atoms with Gasteiger partial charge in [0.05, 0.1) is 0 Å². The molecular formula is C16H20ClN5. The molecule has 0 aliphatic carbocycles. The first-order valence-electron chi connectivity index (χ1n) is 7.45. The molecule has 1 aliphatic rings. The summed E-state index contributed by atoms with van der Waals surface area (Å²) in [6.07, 6.45) is 1.81. The van der Waals surface area contributed by atoms with Gasteiger partial charge in [0.15, 0.2) is 0 Å². The molecule has 3 rings (SSSR count). The molecule has 1 fully saturated rings. The van der Waals surface area contributed by atoms with E-state index in [1.807, 2.05) is 36.5 Å². The van der Waals surface area contributed by atoms with Crippen LogP contribution in [-0.2, 0) is 6.54 Å². The van der Waals surface area contributed by atoms with Gasteiger partial charge < -0.3 is 15.1 Å². The molecule has 0 bridgehead atoms. The third-order valence-corrected chi connectivity index (χ3v) is 4.08. The van der Waals surface area contributed by atoms with Gasteiger partial charge >= 0.3 is 0 Å². The van der Waals surface area contributed by atoms with Gasteiger partial charge in [0.1, 0.15) is 5.82 Å². The van der Waals surface area contributed by atoms with Gasteiger partial charge in [-0.2, -0.15) is 4.98 Å². The first kappa shape index (κ1) is 15.1. The first-order valence-corrected chi connectivity index (χ1v) is 7.83. The van der Waals surface area contributed by atoms with Crippen molar-refractivity contribution in [3.05, 3.63) is 47.1 Å². The van der Waals surface area contributed by atoms with Crippen molar-refractivity contribution < 1.29 is 0 Å². The maximum atomic E-state index is 5.89. The van der Waals surface area contributed by atoms with Crippen molar-refractivity contribution >= 4 is 23.4 Å². The second kappa shape index (κ2) is 6.94. The summed E-state index contributed by atoms with van der Waals surface area (Å²) in [5.74, 6) is 1.65. The molecule has 0 spiro atoms. The zero-order valence-corrected chi connectivity index (χ0v) is 13.4. The van der Waals surface area contributed by atoms with Gasteiger partial charge in [-0.1, -0.05) is 23.7 Å². The van der Waals surface area contributed by atoms with E-state index in [0.717, 1.165) is 42.6 Å². The summed E-state index contributed by atoms with van der Waals surface area (Å²) in [5, 5.41) is 4.01. The third kappa shape index (κ3) is 3.87. The second-order valence-electron chi connectivity index (χ2n) is 5.51. The van der Waals surface area contributed by atoms with Gasteiger partial charge in [-0.15, -0.1) is 0 Å². The molecule has 1 N–H and O–H groups in total. The fourth-order valence-electron chi connectivity index (χ4n) is 2.43. The lowest BCUT2D eigenvalue weighted by Crippen LogP contribution is -2.44. The second-order valence-corrected chi connectivity index (χ2v) is 5.95. The summed E-state index contributed by atoms with van der Waals surface area (Å²) >= 11 is 5.89. The summed E-state index contributed by atoms with van der Waals surface area (Å²) in [6.45, 7) is 4.83. The van der Waals surface area contributed by atoms with Crippen molar-refractivity contribution in [2.45, 2.75) is 6.54 Å². The predicted octanol–water partition coefficient (Wildman–Crippen LogP) is 2.49. The number of nitrogens with zero attached hydrogens (tertiary/aromatic N) is 4. The Bertz CT molecular complexity index is 608. The molecule has 2 heterocycles. The molecule has 0 saturated carbocycles. The van der Waals surface area contributed by atoms with E-state index in [0.29, 0.717) is 12.5 Å². The molecule has 1 saturated heterocycles. The summed E-state index contributed by atoms with van der Waals surface area (Å²) < 4.78 is 0. The number of piperazine rings is 1. The Morgan fingerprint density at radius 1 is 1.09 bits per heavy atom. The zero-order chi connectivity index (χ0) is 15.4. The molecule has 0 atom stereocenters. The van der Waals surface area contributed by atoms with Crippen LogP contribution in [0.4, 0.5) is 11.8 Å². The minimum atomic E-state index is 0.659. The van der Waals surface area contributed by atoms with Crippen molar-refractivity contribution in [3.8, 4) is 0 Å². The molecule has 0 amide bonds. The number of benzene rings is 1. The maximum absolute atomic E-state index is 5.89. The van der Waals surface area contributed by atoms with E-state index in [4.69, 9.17) is 11.6 Å². The number of hydrogen-bond donors (Lipinski definition) is 1. The van der Waals surface area contributed by atoms with E-state index < -0.39 is 0 Å². The monoisotopic (exact) mass is 317 g/mol. The van der Waals surface area contributed by atoms with E-state index in [9.17, 15) is 0 Å². The summed E-state index contributed by atoms with van der Waals surface area (Å²) in [7, 11) is 2.15. The normalized spacial score (nSPS) is 15.8. The van der Waals surface area contributed by atoms with Crippen LogP contribution in [0.15, 0.2) is 36.5 Å². The van der Waals surface area contributed by atoms with Crippen molar-refractivity contribution in [2.24, 2.45) is 0 Å². The smallest absolute Gasteiger partial charge is 0.224 e. The Hall–Kier alpha value is -1.85. The topological polar surface area (TPSA) is 44.3 Å². The highest BCUT2D eigenvalue weighted by molar-refractivity contribution is 6.30. The van der Waals surface area contributed by atoms with E-state index in [1.54, 1.807) is 0 Å². The van der Waals surface area contributed by atoms with Crippen molar-refractivity contribution in [2.75, 3.05) is 43.4 Å². The Balaban J connectivity index is 1.62. The number of rotatable bonds is 4. The van der Waals surface area contributed by atoms with Crippen LogP contribution in [0, 0.1) is 0 Å². The van der Waals surface area contributed by atoms with E-state index in [2.05, 4.69) is 32.1 Å². The molecule has 2 aromatic rings. The molecule has 1 aromatic carbocycles. The molecule has 1 aromatic heterocycles. The Morgan fingerprint density at radius 3 is 2.55 bits per heavy atom. The molecule has 22 heavy (non-hydrogen) atoms. The van der Waals surface area contributed by atoms with Crippen molar-refractivity contribution in [3.63, 3.8) is 0 Å². The third-order valence-electron chi connectivity index (χ3n) is 3.83. The van der Waals surface area contributed by atoms with Gasteiger partial charge in [0.25, 0.3) is 0 Å². The Morgan fingerprint density at radius 2 is 1.82 bits per heavy atom. The van der Waals surface area contributed by atoms with Gasteiger partial charge in [0, 0.05) is 43.9 Å². The van der Waals surface area contributed by atoms with Gasteiger partial charge in [0.2, 0.25) is 5.95 Å². The van der Waals surface area contributed by atoms with Crippen molar-refractivity contribution in [1.82, 2.24) is 14.9 Å². The number of anilines is 2. The van der Waals surface area contributed by atoms with E-state index in [-0.39, 0.29) is 0 Å². The average molecular weight is 318 g/mol. The van der Waals surface area contributed by atoms with Crippen LogP contribution >= 0.6 is 11.6 Å². The first-order chi connectivity index (χ1) is 10.7. The highest BCUT2D eigenvalue weighted by Crippen LogP contribution is 2.15. The number of halogens is 1. The lowest BCUT2D eigenvalue weighted by molar-refractivity contribution is 0.312. The van der Waals surface area contributed by atoms with Gasteiger partial charge in [-0.3, -0.25) is 0 Å². The van der Waals surface area contributed by atoms with Crippen LogP contribution in [0.5, 0.6) is 0 Å².